The largest absolute Gasteiger partial charge is 0.0823 e. The fourth-order valence-corrected chi connectivity index (χ4v) is 0.891. The van der Waals surface area contributed by atoms with Crippen molar-refractivity contribution in [3.05, 3.63) is 34.9 Å². The van der Waals surface area contributed by atoms with Crippen molar-refractivity contribution in [2.45, 2.75) is 20.8 Å². The van der Waals surface area contributed by atoms with Crippen LogP contribution in [0.5, 0.6) is 0 Å². The highest BCUT2D eigenvalue weighted by atomic mass is 35.9. The van der Waals surface area contributed by atoms with E-state index in [-0.39, 0.29) is 0 Å². The van der Waals surface area contributed by atoms with Crippen molar-refractivity contribution in [3.8, 4) is 0 Å². The molecule has 0 nitrogen and oxygen atoms in total. The highest BCUT2D eigenvalue weighted by molar-refractivity contribution is 8.03. The summed E-state index contributed by atoms with van der Waals surface area (Å²) in [4.78, 5) is 0. The summed E-state index contributed by atoms with van der Waals surface area (Å²) in [5.74, 6) is 0. The smallest absolute Gasteiger partial charge is 0.0784 e. The Hall–Kier alpha value is 0.230. The van der Waals surface area contributed by atoms with Crippen molar-refractivity contribution in [2.24, 2.45) is 0 Å². The van der Waals surface area contributed by atoms with Crippen molar-refractivity contribution in [2.75, 3.05) is 6.66 Å². The van der Waals surface area contributed by atoms with Gasteiger partial charge < -0.3 is 0 Å². The molecule has 1 aromatic carbocycles. The Balaban J connectivity index is 0.000000310. The summed E-state index contributed by atoms with van der Waals surface area (Å²) in [5, 5.41) is 0. The van der Waals surface area contributed by atoms with Crippen molar-refractivity contribution in [3.63, 3.8) is 0 Å². The third-order valence-corrected chi connectivity index (χ3v) is 1.66. The molecule has 0 spiro atoms. The summed E-state index contributed by atoms with van der Waals surface area (Å²) in [7, 11) is 0. The Bertz CT molecular complexity index is 256. The molecule has 0 bridgehead atoms. The van der Waals surface area contributed by atoms with Gasteiger partial charge in [0.1, 0.15) is 0 Å². The van der Waals surface area contributed by atoms with Gasteiger partial charge in [-0.05, 0) is 38.6 Å². The SMILES string of the molecule is CP(Cl)Cl.Cc1ccc(C)c(C)c1. The molecule has 0 heterocycles. The fraction of sp³-hybridized carbons (Fsp3) is 0.400. The van der Waals surface area contributed by atoms with Crippen LogP contribution >= 0.6 is 29.1 Å². The van der Waals surface area contributed by atoms with Crippen LogP contribution in [0.2, 0.25) is 0 Å². The van der Waals surface area contributed by atoms with Gasteiger partial charge in [0, 0.05) is 0 Å². The van der Waals surface area contributed by atoms with Gasteiger partial charge in [0.25, 0.3) is 0 Å². The van der Waals surface area contributed by atoms with Crippen LogP contribution in [0.1, 0.15) is 16.7 Å². The lowest BCUT2D eigenvalue weighted by Gasteiger charge is -1.98. The molecule has 1 rings (SSSR count). The van der Waals surface area contributed by atoms with Gasteiger partial charge >= 0.3 is 0 Å². The summed E-state index contributed by atoms with van der Waals surface area (Å²) in [6.45, 7) is 7.48. The van der Waals surface area contributed by atoms with Gasteiger partial charge in [-0.1, -0.05) is 46.2 Å². The first-order chi connectivity index (χ1) is 5.93. The van der Waals surface area contributed by atoms with Crippen molar-refractivity contribution in [1.29, 1.82) is 0 Å². The molecule has 0 aromatic heterocycles. The number of benzene rings is 1. The average Bonchev–Trinajstić information content (AvgIpc) is 1.96. The third-order valence-electron chi connectivity index (χ3n) is 1.66. The van der Waals surface area contributed by atoms with E-state index in [4.69, 9.17) is 22.5 Å². The first kappa shape index (κ1) is 13.2. The highest BCUT2D eigenvalue weighted by Crippen LogP contribution is 2.41. The normalized spacial score (nSPS) is 9.46. The van der Waals surface area contributed by atoms with Gasteiger partial charge in [0.15, 0.2) is 0 Å². The summed E-state index contributed by atoms with van der Waals surface area (Å²) < 4.78 is 0. The Morgan fingerprint density at radius 1 is 1.00 bits per heavy atom. The molecule has 0 N–H and O–H groups in total. The molecule has 0 radical (unpaired) electrons. The quantitative estimate of drug-likeness (QED) is 0.556. The van der Waals surface area contributed by atoms with E-state index in [1.54, 1.807) is 6.66 Å². The van der Waals surface area contributed by atoms with Crippen LogP contribution < -0.4 is 0 Å². The van der Waals surface area contributed by atoms with E-state index in [0.29, 0.717) is 0 Å². The van der Waals surface area contributed by atoms with Crippen LogP contribution in [0, 0.1) is 20.8 Å². The molecule has 0 unspecified atom stereocenters. The molecule has 0 aliphatic carbocycles. The van der Waals surface area contributed by atoms with E-state index in [0.717, 1.165) is 0 Å². The summed E-state index contributed by atoms with van der Waals surface area (Å²) in [5.41, 5.74) is 4.11. The third kappa shape index (κ3) is 7.31. The van der Waals surface area contributed by atoms with Gasteiger partial charge in [-0.3, -0.25) is 0 Å². The van der Waals surface area contributed by atoms with Gasteiger partial charge in [-0.15, -0.1) is 0 Å². The molecule has 13 heavy (non-hydrogen) atoms. The first-order valence-corrected chi connectivity index (χ1v) is 7.62. The van der Waals surface area contributed by atoms with Crippen LogP contribution in [0.4, 0.5) is 0 Å². The highest BCUT2D eigenvalue weighted by Gasteiger charge is 1.89. The zero-order valence-corrected chi connectivity index (χ0v) is 10.8. The van der Waals surface area contributed by atoms with Crippen LogP contribution in [-0.2, 0) is 0 Å². The Morgan fingerprint density at radius 2 is 1.46 bits per heavy atom. The second-order valence-electron chi connectivity index (χ2n) is 2.99. The molecule has 0 aliphatic rings. The van der Waals surface area contributed by atoms with E-state index in [2.05, 4.69) is 39.0 Å². The second-order valence-corrected chi connectivity index (χ2v) is 7.36. The van der Waals surface area contributed by atoms with E-state index >= 15 is 0 Å². The first-order valence-electron chi connectivity index (χ1n) is 4.02. The molecule has 1 aromatic rings. The molecule has 0 saturated carbocycles. The standard InChI is InChI=1S/C9H12.CH3Cl2P/c1-7-4-5-8(2)9(3)6-7;1-4(2)3/h4-6H,1-3H3;1H3. The monoisotopic (exact) mass is 236 g/mol. The Morgan fingerprint density at radius 3 is 1.77 bits per heavy atom. The van der Waals surface area contributed by atoms with E-state index in [1.165, 1.54) is 16.7 Å². The number of halogens is 2. The fourth-order valence-electron chi connectivity index (χ4n) is 0.891. The minimum absolute atomic E-state index is 0.676. The molecular formula is C10H15Cl2P. The summed E-state index contributed by atoms with van der Waals surface area (Å²) in [6, 6.07) is 6.50. The Labute approximate surface area is 91.6 Å². The predicted octanol–water partition coefficient (Wildman–Crippen LogP) is 5.02. The molecule has 0 amide bonds. The van der Waals surface area contributed by atoms with Gasteiger partial charge in [-0.2, -0.15) is 0 Å². The zero-order chi connectivity index (χ0) is 10.4. The lowest BCUT2D eigenvalue weighted by molar-refractivity contribution is 1.30. The van der Waals surface area contributed by atoms with Crippen molar-refractivity contribution < 1.29 is 0 Å². The molecular weight excluding hydrogens is 222 g/mol. The lowest BCUT2D eigenvalue weighted by Crippen LogP contribution is -1.79. The predicted molar refractivity (Wildman–Crippen MR) is 65.2 cm³/mol. The summed E-state index contributed by atoms with van der Waals surface area (Å²) in [6.07, 6.45) is 0. The molecule has 0 saturated heterocycles. The maximum absolute atomic E-state index is 5.10. The van der Waals surface area contributed by atoms with Crippen LogP contribution in [0.15, 0.2) is 18.2 Å². The minimum atomic E-state index is -0.676. The number of aryl methyl sites for hydroxylation is 3. The van der Waals surface area contributed by atoms with Crippen molar-refractivity contribution in [1.82, 2.24) is 0 Å². The maximum Gasteiger partial charge on any atom is 0.0823 e. The molecule has 3 heteroatoms. The Kier molecular flexibility index (Phi) is 6.77. The zero-order valence-electron chi connectivity index (χ0n) is 8.44. The van der Waals surface area contributed by atoms with Gasteiger partial charge in [0.2, 0.25) is 0 Å². The molecule has 74 valence electrons. The van der Waals surface area contributed by atoms with E-state index < -0.39 is 6.63 Å². The van der Waals surface area contributed by atoms with Crippen LogP contribution in [-0.4, -0.2) is 6.66 Å². The van der Waals surface area contributed by atoms with Crippen LogP contribution in [0.25, 0.3) is 0 Å². The van der Waals surface area contributed by atoms with Gasteiger partial charge in [0.05, 0.1) is 6.63 Å². The topological polar surface area (TPSA) is 0 Å². The molecule has 0 fully saturated rings. The number of hydrogen-bond donors (Lipinski definition) is 0. The van der Waals surface area contributed by atoms with E-state index in [9.17, 15) is 0 Å². The van der Waals surface area contributed by atoms with Gasteiger partial charge in [-0.25, -0.2) is 0 Å². The molecule has 0 aliphatic heterocycles. The average molecular weight is 237 g/mol. The maximum atomic E-state index is 5.10. The number of rotatable bonds is 0. The molecule has 0 atom stereocenters. The van der Waals surface area contributed by atoms with Crippen molar-refractivity contribution >= 4 is 29.1 Å². The second kappa shape index (κ2) is 6.65. The number of hydrogen-bond acceptors (Lipinski definition) is 0. The minimum Gasteiger partial charge on any atom is -0.0784 e. The summed E-state index contributed by atoms with van der Waals surface area (Å²) >= 11 is 10.2. The van der Waals surface area contributed by atoms with Crippen LogP contribution in [0.3, 0.4) is 0 Å². The van der Waals surface area contributed by atoms with E-state index in [1.807, 2.05) is 0 Å². The lowest BCUT2D eigenvalue weighted by atomic mass is 10.1.